The number of thiophene rings is 1. The van der Waals surface area contributed by atoms with Crippen LogP contribution < -0.4 is 10.5 Å². The molecule has 3 N–H and O–H groups in total. The molecule has 1 aromatic heterocycles. The Kier molecular flexibility index (Phi) is 4.17. The Morgan fingerprint density at radius 3 is 2.65 bits per heavy atom. The van der Waals surface area contributed by atoms with Crippen LogP contribution in [0.15, 0.2) is 40.6 Å². The lowest BCUT2D eigenvalue weighted by Gasteiger charge is -2.03. The second kappa shape index (κ2) is 5.70. The van der Waals surface area contributed by atoms with Crippen molar-refractivity contribution in [1.82, 2.24) is 5.32 Å². The highest BCUT2D eigenvalue weighted by Crippen LogP contribution is 2.20. The smallest absolute Gasteiger partial charge is 0.251 e. The highest BCUT2D eigenvalue weighted by molar-refractivity contribution is 7.91. The summed E-state index contributed by atoms with van der Waals surface area (Å²) in [5.74, 6) is -0.930. The maximum atomic E-state index is 13.0. The quantitative estimate of drug-likeness (QED) is 0.895. The Hall–Kier alpha value is -1.77. The van der Waals surface area contributed by atoms with E-state index in [0.29, 0.717) is 4.88 Å². The molecule has 106 valence electrons. The van der Waals surface area contributed by atoms with E-state index >= 15 is 0 Å². The molecule has 0 aliphatic rings. The molecule has 0 aliphatic carbocycles. The number of nitrogens with one attached hydrogen (secondary N) is 1. The van der Waals surface area contributed by atoms with E-state index in [-0.39, 0.29) is 16.3 Å². The minimum atomic E-state index is -3.72. The zero-order chi connectivity index (χ0) is 14.8. The van der Waals surface area contributed by atoms with E-state index in [4.69, 9.17) is 5.14 Å². The number of sulfonamides is 1. The largest absolute Gasteiger partial charge is 0.347 e. The average molecular weight is 314 g/mol. The van der Waals surface area contributed by atoms with E-state index < -0.39 is 21.7 Å². The lowest BCUT2D eigenvalue weighted by atomic mass is 10.2. The molecule has 1 aromatic carbocycles. The molecule has 0 saturated carbocycles. The molecule has 2 rings (SSSR count). The first-order valence-corrected chi connectivity index (χ1v) is 7.88. The number of amides is 1. The van der Waals surface area contributed by atoms with Gasteiger partial charge in [0.05, 0.1) is 6.54 Å². The van der Waals surface area contributed by atoms with Crippen LogP contribution in [0.25, 0.3) is 0 Å². The molecule has 0 bridgehead atoms. The second-order valence-electron chi connectivity index (χ2n) is 3.96. The zero-order valence-electron chi connectivity index (χ0n) is 10.2. The van der Waals surface area contributed by atoms with Crippen LogP contribution in [0.4, 0.5) is 4.39 Å². The minimum absolute atomic E-state index is 0.0347. The third kappa shape index (κ3) is 3.62. The Labute approximate surface area is 119 Å². The van der Waals surface area contributed by atoms with Crippen molar-refractivity contribution in [3.05, 3.63) is 52.7 Å². The van der Waals surface area contributed by atoms with Crippen LogP contribution in [0.5, 0.6) is 0 Å². The Morgan fingerprint density at radius 1 is 1.30 bits per heavy atom. The van der Waals surface area contributed by atoms with Gasteiger partial charge in [0, 0.05) is 10.4 Å². The molecule has 0 aliphatic heterocycles. The number of benzene rings is 1. The van der Waals surface area contributed by atoms with Gasteiger partial charge in [-0.1, -0.05) is 6.07 Å². The fourth-order valence-electron chi connectivity index (χ4n) is 1.51. The van der Waals surface area contributed by atoms with E-state index in [1.54, 1.807) is 6.07 Å². The van der Waals surface area contributed by atoms with Gasteiger partial charge in [0.2, 0.25) is 10.0 Å². The summed E-state index contributed by atoms with van der Waals surface area (Å²) in [7, 11) is -3.72. The van der Waals surface area contributed by atoms with E-state index in [1.807, 2.05) is 0 Å². The van der Waals surface area contributed by atoms with Crippen molar-refractivity contribution < 1.29 is 17.6 Å². The van der Waals surface area contributed by atoms with Crippen LogP contribution >= 0.6 is 11.3 Å². The summed E-state index contributed by atoms with van der Waals surface area (Å²) in [6.45, 7) is 0.148. The fourth-order valence-corrected chi connectivity index (χ4v) is 3.22. The normalized spacial score (nSPS) is 11.3. The molecule has 2 aromatic rings. The van der Waals surface area contributed by atoms with Gasteiger partial charge < -0.3 is 5.32 Å². The number of hydrogen-bond acceptors (Lipinski definition) is 4. The summed E-state index contributed by atoms with van der Waals surface area (Å²) < 4.78 is 35.2. The number of hydrogen-bond donors (Lipinski definition) is 2. The van der Waals surface area contributed by atoms with Crippen molar-refractivity contribution in [2.45, 2.75) is 10.8 Å². The molecule has 0 unspecified atom stereocenters. The summed E-state index contributed by atoms with van der Waals surface area (Å²) >= 11 is 0.978. The Balaban J connectivity index is 2.02. The predicted octanol–water partition coefficient (Wildman–Crippen LogP) is 1.46. The maximum absolute atomic E-state index is 13.0. The summed E-state index contributed by atoms with van der Waals surface area (Å²) in [5.41, 5.74) is 0.202. The van der Waals surface area contributed by atoms with Crippen molar-refractivity contribution in [3.63, 3.8) is 0 Å². The number of nitrogens with two attached hydrogens (primary N) is 1. The second-order valence-corrected chi connectivity index (χ2v) is 6.92. The Bertz CT molecular complexity index is 741. The highest BCUT2D eigenvalue weighted by atomic mass is 32.2. The van der Waals surface area contributed by atoms with Crippen molar-refractivity contribution in [1.29, 1.82) is 0 Å². The zero-order valence-corrected chi connectivity index (χ0v) is 11.8. The monoisotopic (exact) mass is 314 g/mol. The van der Waals surface area contributed by atoms with Crippen molar-refractivity contribution in [2.24, 2.45) is 5.14 Å². The Morgan fingerprint density at radius 2 is 2.05 bits per heavy atom. The van der Waals surface area contributed by atoms with Gasteiger partial charge in [-0.25, -0.2) is 17.9 Å². The number of rotatable bonds is 4. The van der Waals surface area contributed by atoms with Gasteiger partial charge in [-0.2, -0.15) is 0 Å². The molecular formula is C12H11FN2O3S2. The summed E-state index contributed by atoms with van der Waals surface area (Å²) in [5, 5.41) is 7.56. The van der Waals surface area contributed by atoms with E-state index in [0.717, 1.165) is 17.4 Å². The lowest BCUT2D eigenvalue weighted by molar-refractivity contribution is 0.0951. The van der Waals surface area contributed by atoms with Gasteiger partial charge in [-0.15, -0.1) is 11.3 Å². The number of primary sulfonamides is 1. The number of halogens is 1. The third-order valence-corrected chi connectivity index (χ3v) is 4.95. The molecular weight excluding hydrogens is 303 g/mol. The van der Waals surface area contributed by atoms with Crippen molar-refractivity contribution in [2.75, 3.05) is 0 Å². The van der Waals surface area contributed by atoms with Gasteiger partial charge >= 0.3 is 0 Å². The molecule has 5 nitrogen and oxygen atoms in total. The van der Waals surface area contributed by atoms with Crippen LogP contribution in [-0.4, -0.2) is 14.3 Å². The molecule has 8 heteroatoms. The molecule has 0 spiro atoms. The molecule has 0 saturated heterocycles. The van der Waals surface area contributed by atoms with Gasteiger partial charge in [0.15, 0.2) is 0 Å². The van der Waals surface area contributed by atoms with Crippen molar-refractivity contribution in [3.8, 4) is 0 Å². The van der Waals surface area contributed by atoms with Gasteiger partial charge in [-0.05, 0) is 30.3 Å². The number of carbonyl (C=O) groups is 1. The molecule has 20 heavy (non-hydrogen) atoms. The van der Waals surface area contributed by atoms with Gasteiger partial charge in [0.25, 0.3) is 5.91 Å². The maximum Gasteiger partial charge on any atom is 0.251 e. The van der Waals surface area contributed by atoms with Crippen LogP contribution in [0.3, 0.4) is 0 Å². The van der Waals surface area contributed by atoms with Crippen LogP contribution in [0.2, 0.25) is 0 Å². The number of carbonyl (C=O) groups excluding carboxylic acids is 1. The first-order chi connectivity index (χ1) is 9.36. The highest BCUT2D eigenvalue weighted by Gasteiger charge is 2.12. The van der Waals surface area contributed by atoms with Crippen LogP contribution in [-0.2, 0) is 16.6 Å². The lowest BCUT2D eigenvalue weighted by Crippen LogP contribution is -2.22. The topological polar surface area (TPSA) is 89.3 Å². The van der Waals surface area contributed by atoms with Crippen LogP contribution in [0, 0.1) is 5.82 Å². The fraction of sp³-hybridized carbons (Fsp3) is 0.0833. The third-order valence-electron chi connectivity index (χ3n) is 2.43. The van der Waals surface area contributed by atoms with Gasteiger partial charge in [0.1, 0.15) is 10.0 Å². The summed E-state index contributed by atoms with van der Waals surface area (Å²) in [6.07, 6.45) is 0. The van der Waals surface area contributed by atoms with E-state index in [9.17, 15) is 17.6 Å². The molecule has 1 amide bonds. The molecule has 0 atom stereocenters. The summed E-state index contributed by atoms with van der Waals surface area (Å²) in [6, 6.07) is 8.24. The van der Waals surface area contributed by atoms with Crippen molar-refractivity contribution >= 4 is 27.3 Å². The molecule has 1 heterocycles. The minimum Gasteiger partial charge on any atom is -0.347 e. The standard InChI is InChI=1S/C12H11FN2O3S2/c13-9-3-1-2-8(6-9)12(16)15-7-10-4-5-11(19-10)20(14,17)18/h1-6H,7H2,(H,15,16)(H2,14,17,18). The van der Waals surface area contributed by atoms with E-state index in [2.05, 4.69) is 5.32 Å². The first-order valence-electron chi connectivity index (χ1n) is 5.51. The summed E-state index contributed by atoms with van der Waals surface area (Å²) in [4.78, 5) is 12.4. The molecule has 0 fully saturated rings. The van der Waals surface area contributed by atoms with E-state index in [1.165, 1.54) is 24.3 Å². The average Bonchev–Trinajstić information content (AvgIpc) is 2.84. The van der Waals surface area contributed by atoms with Crippen LogP contribution in [0.1, 0.15) is 15.2 Å². The first kappa shape index (κ1) is 14.6. The molecule has 0 radical (unpaired) electrons. The SMILES string of the molecule is NS(=O)(=O)c1ccc(CNC(=O)c2cccc(F)c2)s1. The predicted molar refractivity (Wildman–Crippen MR) is 73.3 cm³/mol. The van der Waals surface area contributed by atoms with Gasteiger partial charge in [-0.3, -0.25) is 4.79 Å².